The molecule has 2 N–H and O–H groups in total. The summed E-state index contributed by atoms with van der Waals surface area (Å²) in [7, 11) is 1.59. The van der Waals surface area contributed by atoms with Gasteiger partial charge in [-0.2, -0.15) is 0 Å². The number of pyridine rings is 1. The number of rotatable bonds is 2. The summed E-state index contributed by atoms with van der Waals surface area (Å²) < 4.78 is 5.03. The Hall–Kier alpha value is -1.51. The van der Waals surface area contributed by atoms with Gasteiger partial charge < -0.3 is 10.5 Å². The number of hydrogen-bond acceptors (Lipinski definition) is 3. The summed E-state index contributed by atoms with van der Waals surface area (Å²) in [6, 6.07) is 1.74. The second-order valence-corrected chi connectivity index (χ2v) is 2.02. The number of aromatic nitrogens is 1. The Balaban J connectivity index is 0.00000121. The van der Waals surface area contributed by atoms with Crippen molar-refractivity contribution in [3.63, 3.8) is 0 Å². The smallest absolute Gasteiger partial charge is 0.134 e. The van der Waals surface area contributed by atoms with Crippen molar-refractivity contribution in [3.05, 3.63) is 24.4 Å². The van der Waals surface area contributed by atoms with Crippen LogP contribution in [0.3, 0.4) is 0 Å². The highest BCUT2D eigenvalue weighted by Crippen LogP contribution is 2.22. The van der Waals surface area contributed by atoms with Gasteiger partial charge in [0.05, 0.1) is 12.7 Å². The number of methoxy groups -OCH3 is 1. The lowest BCUT2D eigenvalue weighted by molar-refractivity contribution is 0.413. The topological polar surface area (TPSA) is 48.1 Å². The lowest BCUT2D eigenvalue weighted by Crippen LogP contribution is -1.96. The summed E-state index contributed by atoms with van der Waals surface area (Å²) in [4.78, 5) is 3.89. The number of nitrogens with two attached hydrogens (primary N) is 1. The van der Waals surface area contributed by atoms with Crippen LogP contribution < -0.4 is 10.5 Å². The van der Waals surface area contributed by atoms with Gasteiger partial charge in [-0.1, -0.05) is 12.7 Å². The maximum Gasteiger partial charge on any atom is 0.134 e. The standard InChI is InChI=1S/C8H10N2O.H2/c1-3-6-7(11-2)4-5-10-8(6)9;/h3-5H,1H2,2H3,(H2,9,10);1H. The zero-order valence-electron chi connectivity index (χ0n) is 6.37. The van der Waals surface area contributed by atoms with Gasteiger partial charge in [-0.05, 0) is 6.07 Å². The van der Waals surface area contributed by atoms with Crippen molar-refractivity contribution in [3.8, 4) is 5.75 Å². The van der Waals surface area contributed by atoms with Crippen LogP contribution in [-0.4, -0.2) is 12.1 Å². The molecule has 0 aliphatic carbocycles. The number of ether oxygens (including phenoxy) is 1. The Morgan fingerprint density at radius 1 is 1.82 bits per heavy atom. The third-order valence-corrected chi connectivity index (χ3v) is 1.40. The molecule has 0 spiro atoms. The molecule has 0 aromatic carbocycles. The van der Waals surface area contributed by atoms with Crippen molar-refractivity contribution in [2.75, 3.05) is 12.8 Å². The SMILES string of the molecule is C=Cc1c(OC)ccnc1N.[HH]. The van der Waals surface area contributed by atoms with Gasteiger partial charge in [-0.25, -0.2) is 4.98 Å². The van der Waals surface area contributed by atoms with Gasteiger partial charge in [0.1, 0.15) is 11.6 Å². The fourth-order valence-electron chi connectivity index (χ4n) is 0.854. The van der Waals surface area contributed by atoms with Crippen LogP contribution in [0, 0.1) is 0 Å². The molecule has 0 saturated carbocycles. The minimum Gasteiger partial charge on any atom is -0.496 e. The molecule has 60 valence electrons. The van der Waals surface area contributed by atoms with Crippen molar-refractivity contribution in [2.45, 2.75) is 0 Å². The van der Waals surface area contributed by atoms with Crippen LogP contribution in [0.4, 0.5) is 5.82 Å². The average molecular weight is 152 g/mol. The fraction of sp³-hybridized carbons (Fsp3) is 0.125. The zero-order chi connectivity index (χ0) is 8.27. The van der Waals surface area contributed by atoms with Crippen LogP contribution >= 0.6 is 0 Å². The van der Waals surface area contributed by atoms with Gasteiger partial charge in [-0.3, -0.25) is 0 Å². The number of hydrogen-bond donors (Lipinski definition) is 1. The highest BCUT2D eigenvalue weighted by molar-refractivity contribution is 5.65. The van der Waals surface area contributed by atoms with Gasteiger partial charge in [-0.15, -0.1) is 0 Å². The molecule has 0 aliphatic heterocycles. The van der Waals surface area contributed by atoms with E-state index in [4.69, 9.17) is 10.5 Å². The van der Waals surface area contributed by atoms with E-state index < -0.39 is 0 Å². The maximum atomic E-state index is 5.55. The summed E-state index contributed by atoms with van der Waals surface area (Å²) in [6.07, 6.45) is 3.22. The number of anilines is 1. The van der Waals surface area contributed by atoms with Crippen LogP contribution in [0.2, 0.25) is 0 Å². The first-order valence-corrected chi connectivity index (χ1v) is 3.20. The molecule has 0 aliphatic rings. The predicted molar refractivity (Wildman–Crippen MR) is 47.4 cm³/mol. The molecule has 1 rings (SSSR count). The van der Waals surface area contributed by atoms with E-state index in [1.54, 1.807) is 25.4 Å². The van der Waals surface area contributed by atoms with Gasteiger partial charge in [0.25, 0.3) is 0 Å². The molecule has 1 aromatic rings. The first kappa shape index (κ1) is 7.60. The molecule has 0 atom stereocenters. The lowest BCUT2D eigenvalue weighted by Gasteiger charge is -2.04. The van der Waals surface area contributed by atoms with Crippen LogP contribution in [-0.2, 0) is 0 Å². The molecular formula is C8H12N2O. The molecule has 0 saturated heterocycles. The second-order valence-electron chi connectivity index (χ2n) is 2.02. The number of nitrogens with zero attached hydrogens (tertiary/aromatic N) is 1. The minimum absolute atomic E-state index is 0. The summed E-state index contributed by atoms with van der Waals surface area (Å²) in [5.74, 6) is 1.15. The molecule has 0 fully saturated rings. The quantitative estimate of drug-likeness (QED) is 0.699. The van der Waals surface area contributed by atoms with Gasteiger partial charge in [0, 0.05) is 7.62 Å². The largest absolute Gasteiger partial charge is 0.496 e. The summed E-state index contributed by atoms with van der Waals surface area (Å²) in [5.41, 5.74) is 6.29. The molecule has 11 heavy (non-hydrogen) atoms. The van der Waals surface area contributed by atoms with Crippen molar-refractivity contribution in [2.24, 2.45) is 0 Å². The summed E-state index contributed by atoms with van der Waals surface area (Å²) in [5, 5.41) is 0. The average Bonchev–Trinajstić information content (AvgIpc) is 2.04. The van der Waals surface area contributed by atoms with Crippen molar-refractivity contribution in [1.29, 1.82) is 0 Å². The third kappa shape index (κ3) is 1.32. The normalized spacial score (nSPS) is 9.18. The van der Waals surface area contributed by atoms with Crippen molar-refractivity contribution in [1.82, 2.24) is 4.98 Å². The van der Waals surface area contributed by atoms with Crippen molar-refractivity contribution >= 4 is 11.9 Å². The minimum atomic E-state index is 0. The van der Waals surface area contributed by atoms with E-state index in [0.717, 1.165) is 5.56 Å². The van der Waals surface area contributed by atoms with E-state index in [2.05, 4.69) is 11.6 Å². The van der Waals surface area contributed by atoms with Gasteiger partial charge in [0.15, 0.2) is 0 Å². The van der Waals surface area contributed by atoms with E-state index >= 15 is 0 Å². The lowest BCUT2D eigenvalue weighted by atomic mass is 10.2. The van der Waals surface area contributed by atoms with Crippen molar-refractivity contribution < 1.29 is 6.16 Å². The molecule has 0 amide bonds. The molecular weight excluding hydrogens is 140 g/mol. The Morgan fingerprint density at radius 2 is 2.55 bits per heavy atom. The van der Waals surface area contributed by atoms with E-state index in [-0.39, 0.29) is 1.43 Å². The monoisotopic (exact) mass is 152 g/mol. The first-order chi connectivity index (χ1) is 5.29. The molecule has 1 heterocycles. The highest BCUT2D eigenvalue weighted by atomic mass is 16.5. The summed E-state index contributed by atoms with van der Waals surface area (Å²) >= 11 is 0. The Bertz CT molecular complexity index is 276. The molecule has 3 nitrogen and oxygen atoms in total. The summed E-state index contributed by atoms with van der Waals surface area (Å²) in [6.45, 7) is 3.60. The Morgan fingerprint density at radius 3 is 3.00 bits per heavy atom. The van der Waals surface area contributed by atoms with Gasteiger partial charge in [0.2, 0.25) is 0 Å². The molecule has 0 bridgehead atoms. The first-order valence-electron chi connectivity index (χ1n) is 3.20. The maximum absolute atomic E-state index is 5.55. The van der Waals surface area contributed by atoms with E-state index in [1.807, 2.05) is 0 Å². The predicted octanol–water partition coefficient (Wildman–Crippen LogP) is 1.56. The van der Waals surface area contributed by atoms with E-state index in [1.165, 1.54) is 0 Å². The zero-order valence-corrected chi connectivity index (χ0v) is 6.37. The molecule has 1 aromatic heterocycles. The van der Waals surface area contributed by atoms with Crippen LogP contribution in [0.5, 0.6) is 5.75 Å². The Kier molecular flexibility index (Phi) is 2.11. The van der Waals surface area contributed by atoms with E-state index in [9.17, 15) is 0 Å². The molecule has 0 unspecified atom stereocenters. The van der Waals surface area contributed by atoms with Crippen LogP contribution in [0.25, 0.3) is 6.08 Å². The van der Waals surface area contributed by atoms with Crippen LogP contribution in [0.1, 0.15) is 6.99 Å². The number of nitrogen functional groups attached to an aromatic ring is 1. The Labute approximate surface area is 67.0 Å². The van der Waals surface area contributed by atoms with Gasteiger partial charge >= 0.3 is 0 Å². The third-order valence-electron chi connectivity index (χ3n) is 1.40. The highest BCUT2D eigenvalue weighted by Gasteiger charge is 2.01. The molecule has 0 radical (unpaired) electrons. The molecule has 3 heteroatoms. The second kappa shape index (κ2) is 3.05. The fourth-order valence-corrected chi connectivity index (χ4v) is 0.854. The van der Waals surface area contributed by atoms with Crippen LogP contribution in [0.15, 0.2) is 18.8 Å². The van der Waals surface area contributed by atoms with E-state index in [0.29, 0.717) is 11.6 Å².